The highest BCUT2D eigenvalue weighted by atomic mass is 16.2. The van der Waals surface area contributed by atoms with Crippen LogP contribution in [0.4, 0.5) is 0 Å². The van der Waals surface area contributed by atoms with Gasteiger partial charge in [0.2, 0.25) is 11.8 Å². The van der Waals surface area contributed by atoms with E-state index < -0.39 is 0 Å². The molecule has 2 unspecified atom stereocenters. The maximum absolute atomic E-state index is 11.8. The standard InChI is InChI=1S/C11H16N2O2/c12-6-1-2-7-13-10(14)8-4-3-5-9(8)11(13)15/h1-2,8-9H,3-7,12H2/b2-1+. The van der Waals surface area contributed by atoms with Gasteiger partial charge in [0, 0.05) is 13.1 Å². The van der Waals surface area contributed by atoms with Gasteiger partial charge in [-0.1, -0.05) is 18.6 Å². The van der Waals surface area contributed by atoms with Crippen molar-refractivity contribution in [1.29, 1.82) is 0 Å². The fourth-order valence-corrected chi connectivity index (χ4v) is 2.52. The number of imide groups is 1. The van der Waals surface area contributed by atoms with E-state index >= 15 is 0 Å². The summed E-state index contributed by atoms with van der Waals surface area (Å²) in [7, 11) is 0. The summed E-state index contributed by atoms with van der Waals surface area (Å²) in [6.07, 6.45) is 6.34. The van der Waals surface area contributed by atoms with Gasteiger partial charge in [-0.2, -0.15) is 0 Å². The lowest BCUT2D eigenvalue weighted by Gasteiger charge is -2.12. The Morgan fingerprint density at radius 2 is 1.80 bits per heavy atom. The molecule has 1 aliphatic heterocycles. The molecule has 1 heterocycles. The molecule has 4 nitrogen and oxygen atoms in total. The Labute approximate surface area is 89.1 Å². The summed E-state index contributed by atoms with van der Waals surface area (Å²) < 4.78 is 0. The van der Waals surface area contributed by atoms with Gasteiger partial charge in [0.1, 0.15) is 0 Å². The molecule has 0 radical (unpaired) electrons. The monoisotopic (exact) mass is 208 g/mol. The molecule has 0 bridgehead atoms. The molecule has 0 spiro atoms. The second kappa shape index (κ2) is 4.14. The number of likely N-dealkylation sites (tertiary alicyclic amines) is 1. The van der Waals surface area contributed by atoms with Crippen molar-refractivity contribution < 1.29 is 9.59 Å². The van der Waals surface area contributed by atoms with E-state index in [-0.39, 0.29) is 23.7 Å². The van der Waals surface area contributed by atoms with Gasteiger partial charge in [-0.25, -0.2) is 0 Å². The first-order valence-electron chi connectivity index (χ1n) is 5.46. The van der Waals surface area contributed by atoms with E-state index in [1.807, 2.05) is 0 Å². The smallest absolute Gasteiger partial charge is 0.233 e. The first-order chi connectivity index (χ1) is 7.25. The minimum absolute atomic E-state index is 0.0178. The second-order valence-electron chi connectivity index (χ2n) is 4.14. The molecule has 2 atom stereocenters. The van der Waals surface area contributed by atoms with Crippen molar-refractivity contribution in [3.05, 3.63) is 12.2 Å². The summed E-state index contributed by atoms with van der Waals surface area (Å²) in [4.78, 5) is 25.0. The van der Waals surface area contributed by atoms with Gasteiger partial charge in [-0.05, 0) is 12.8 Å². The summed E-state index contributed by atoms with van der Waals surface area (Å²) in [5.74, 6) is -0.0131. The average Bonchev–Trinajstić information content (AvgIpc) is 2.77. The third-order valence-corrected chi connectivity index (χ3v) is 3.27. The van der Waals surface area contributed by atoms with Crippen molar-refractivity contribution in [3.8, 4) is 0 Å². The van der Waals surface area contributed by atoms with Gasteiger partial charge in [0.05, 0.1) is 11.8 Å². The van der Waals surface area contributed by atoms with Crippen LogP contribution in [0.25, 0.3) is 0 Å². The third kappa shape index (κ3) is 1.69. The lowest BCUT2D eigenvalue weighted by molar-refractivity contribution is -0.139. The topological polar surface area (TPSA) is 63.4 Å². The van der Waals surface area contributed by atoms with E-state index in [0.717, 1.165) is 19.3 Å². The Balaban J connectivity index is 2.04. The molecule has 1 saturated heterocycles. The Kier molecular flexibility index (Phi) is 2.86. The van der Waals surface area contributed by atoms with Gasteiger partial charge >= 0.3 is 0 Å². The molecule has 2 N–H and O–H groups in total. The predicted molar refractivity (Wildman–Crippen MR) is 55.7 cm³/mol. The molecule has 1 saturated carbocycles. The van der Waals surface area contributed by atoms with Crippen molar-refractivity contribution in [3.63, 3.8) is 0 Å². The Morgan fingerprint density at radius 3 is 2.33 bits per heavy atom. The van der Waals surface area contributed by atoms with Crippen molar-refractivity contribution in [2.45, 2.75) is 19.3 Å². The number of carbonyl (C=O) groups is 2. The average molecular weight is 208 g/mol. The molecule has 2 amide bonds. The van der Waals surface area contributed by atoms with Crippen molar-refractivity contribution in [2.24, 2.45) is 17.6 Å². The van der Waals surface area contributed by atoms with Gasteiger partial charge in [0.15, 0.2) is 0 Å². The zero-order valence-corrected chi connectivity index (χ0v) is 8.69. The fourth-order valence-electron chi connectivity index (χ4n) is 2.52. The fraction of sp³-hybridized carbons (Fsp3) is 0.636. The second-order valence-corrected chi connectivity index (χ2v) is 4.14. The predicted octanol–water partition coefficient (Wildman–Crippen LogP) is 0.286. The molecular formula is C11H16N2O2. The number of hydrogen-bond donors (Lipinski definition) is 1. The highest BCUT2D eigenvalue weighted by Gasteiger charge is 2.48. The molecule has 0 aromatic rings. The van der Waals surface area contributed by atoms with Crippen LogP contribution in [0, 0.1) is 11.8 Å². The van der Waals surface area contributed by atoms with Crippen LogP contribution >= 0.6 is 0 Å². The zero-order chi connectivity index (χ0) is 10.8. The highest BCUT2D eigenvalue weighted by Crippen LogP contribution is 2.39. The molecule has 2 rings (SSSR count). The summed E-state index contributed by atoms with van der Waals surface area (Å²) in [6, 6.07) is 0. The van der Waals surface area contributed by atoms with E-state index in [9.17, 15) is 9.59 Å². The van der Waals surface area contributed by atoms with E-state index in [4.69, 9.17) is 5.73 Å². The molecule has 2 fully saturated rings. The lowest BCUT2D eigenvalue weighted by atomic mass is 10.00. The molecule has 15 heavy (non-hydrogen) atoms. The molecule has 4 heteroatoms. The van der Waals surface area contributed by atoms with Crippen LogP contribution < -0.4 is 5.73 Å². The number of carbonyl (C=O) groups excluding carboxylic acids is 2. The van der Waals surface area contributed by atoms with Crippen LogP contribution in [0.3, 0.4) is 0 Å². The van der Waals surface area contributed by atoms with Crippen LogP contribution in [0.15, 0.2) is 12.2 Å². The third-order valence-electron chi connectivity index (χ3n) is 3.27. The summed E-state index contributed by atoms with van der Waals surface area (Å²) >= 11 is 0. The summed E-state index contributed by atoms with van der Waals surface area (Å²) in [5, 5.41) is 0. The maximum Gasteiger partial charge on any atom is 0.233 e. The number of rotatable bonds is 3. The minimum Gasteiger partial charge on any atom is -0.327 e. The number of nitrogens with two attached hydrogens (primary N) is 1. The summed E-state index contributed by atoms with van der Waals surface area (Å²) in [6.45, 7) is 0.838. The van der Waals surface area contributed by atoms with Crippen LogP contribution in [0.2, 0.25) is 0 Å². The number of nitrogens with zero attached hydrogens (tertiary/aromatic N) is 1. The van der Waals surface area contributed by atoms with Gasteiger partial charge in [0.25, 0.3) is 0 Å². The minimum atomic E-state index is -0.0243. The Morgan fingerprint density at radius 1 is 1.20 bits per heavy atom. The van der Waals surface area contributed by atoms with Crippen molar-refractivity contribution in [1.82, 2.24) is 4.90 Å². The quantitative estimate of drug-likeness (QED) is 0.535. The molecular weight excluding hydrogens is 192 g/mol. The lowest BCUT2D eigenvalue weighted by Crippen LogP contribution is -2.31. The van der Waals surface area contributed by atoms with Gasteiger partial charge in [-0.3, -0.25) is 14.5 Å². The highest BCUT2D eigenvalue weighted by molar-refractivity contribution is 6.05. The Bertz CT molecular complexity index is 290. The first kappa shape index (κ1) is 10.4. The van der Waals surface area contributed by atoms with Gasteiger partial charge in [-0.15, -0.1) is 0 Å². The van der Waals surface area contributed by atoms with E-state index in [1.54, 1.807) is 12.2 Å². The van der Waals surface area contributed by atoms with Crippen LogP contribution in [0.1, 0.15) is 19.3 Å². The van der Waals surface area contributed by atoms with Crippen molar-refractivity contribution in [2.75, 3.05) is 13.1 Å². The van der Waals surface area contributed by atoms with E-state index in [0.29, 0.717) is 13.1 Å². The van der Waals surface area contributed by atoms with E-state index in [2.05, 4.69) is 0 Å². The molecule has 0 aromatic carbocycles. The molecule has 1 aliphatic carbocycles. The number of fused-ring (bicyclic) bond motifs is 1. The zero-order valence-electron chi connectivity index (χ0n) is 8.69. The normalized spacial score (nSPS) is 30.6. The number of hydrogen-bond acceptors (Lipinski definition) is 3. The van der Waals surface area contributed by atoms with E-state index in [1.165, 1.54) is 4.90 Å². The molecule has 82 valence electrons. The maximum atomic E-state index is 11.8. The Hall–Kier alpha value is -1.16. The largest absolute Gasteiger partial charge is 0.327 e. The van der Waals surface area contributed by atoms with Gasteiger partial charge < -0.3 is 5.73 Å². The SMILES string of the molecule is NC/C=C/CN1C(=O)C2CCCC2C1=O. The van der Waals surface area contributed by atoms with Crippen molar-refractivity contribution >= 4 is 11.8 Å². The first-order valence-corrected chi connectivity index (χ1v) is 5.46. The molecule has 0 aromatic heterocycles. The summed E-state index contributed by atoms with van der Waals surface area (Å²) in [5.41, 5.74) is 5.30. The van der Waals surface area contributed by atoms with Crippen LogP contribution in [-0.2, 0) is 9.59 Å². The van der Waals surface area contributed by atoms with Crippen LogP contribution in [-0.4, -0.2) is 29.8 Å². The molecule has 2 aliphatic rings. The van der Waals surface area contributed by atoms with Crippen LogP contribution in [0.5, 0.6) is 0 Å². The number of amides is 2.